The zero-order chi connectivity index (χ0) is 13.9. The number of hydrogen-bond acceptors (Lipinski definition) is 3. The molecule has 1 aliphatic rings. The van der Waals surface area contributed by atoms with Crippen LogP contribution < -0.4 is 9.47 Å². The molecule has 0 bridgehead atoms. The smallest absolute Gasteiger partial charge is 0.161 e. The number of aliphatic hydroxyl groups excluding tert-OH is 1. The molecule has 0 saturated carbocycles. The van der Waals surface area contributed by atoms with Gasteiger partial charge < -0.3 is 14.6 Å². The molecule has 3 heteroatoms. The van der Waals surface area contributed by atoms with Crippen LogP contribution in [0.4, 0.5) is 0 Å². The molecule has 1 aliphatic heterocycles. The molecule has 1 heterocycles. The maximum atomic E-state index is 10.3. The first-order valence-electron chi connectivity index (χ1n) is 6.84. The Bertz CT molecular complexity index is 594. The van der Waals surface area contributed by atoms with Crippen molar-refractivity contribution in [3.63, 3.8) is 0 Å². The van der Waals surface area contributed by atoms with E-state index >= 15 is 0 Å². The van der Waals surface area contributed by atoms with Gasteiger partial charge in [-0.1, -0.05) is 42.0 Å². The van der Waals surface area contributed by atoms with E-state index in [-0.39, 0.29) is 6.10 Å². The van der Waals surface area contributed by atoms with E-state index in [1.54, 1.807) is 0 Å². The highest BCUT2D eigenvalue weighted by Gasteiger charge is 2.27. The van der Waals surface area contributed by atoms with E-state index in [0.29, 0.717) is 18.8 Å². The van der Waals surface area contributed by atoms with Crippen LogP contribution in [0.15, 0.2) is 48.5 Å². The van der Waals surface area contributed by atoms with Crippen LogP contribution in [0.2, 0.25) is 0 Å². The van der Waals surface area contributed by atoms with Gasteiger partial charge in [-0.05, 0) is 24.6 Å². The van der Waals surface area contributed by atoms with Crippen LogP contribution >= 0.6 is 0 Å². The van der Waals surface area contributed by atoms with Crippen molar-refractivity contribution < 1.29 is 14.6 Å². The molecule has 3 nitrogen and oxygen atoms in total. The summed E-state index contributed by atoms with van der Waals surface area (Å²) >= 11 is 0. The number of rotatable bonds is 3. The highest BCUT2D eigenvalue weighted by atomic mass is 16.6. The second-order valence-corrected chi connectivity index (χ2v) is 5.17. The molecule has 3 rings (SSSR count). The molecule has 0 aromatic heterocycles. The van der Waals surface area contributed by atoms with Gasteiger partial charge in [-0.15, -0.1) is 0 Å². The van der Waals surface area contributed by atoms with Gasteiger partial charge in [0, 0.05) is 6.42 Å². The Morgan fingerprint density at radius 1 is 1.15 bits per heavy atom. The average molecular weight is 270 g/mol. The minimum atomic E-state index is -0.579. The van der Waals surface area contributed by atoms with Crippen molar-refractivity contribution in [1.29, 1.82) is 0 Å². The highest BCUT2D eigenvalue weighted by molar-refractivity contribution is 5.40. The first-order chi connectivity index (χ1) is 9.72. The molecule has 0 aliphatic carbocycles. The Balaban J connectivity index is 1.68. The summed E-state index contributed by atoms with van der Waals surface area (Å²) in [7, 11) is 0. The maximum Gasteiger partial charge on any atom is 0.161 e. The first-order valence-corrected chi connectivity index (χ1v) is 6.84. The molecule has 20 heavy (non-hydrogen) atoms. The largest absolute Gasteiger partial charge is 0.486 e. The minimum Gasteiger partial charge on any atom is -0.486 e. The third kappa shape index (κ3) is 2.78. The molecule has 0 saturated heterocycles. The first kappa shape index (κ1) is 13.0. The van der Waals surface area contributed by atoms with Gasteiger partial charge in [0.15, 0.2) is 17.6 Å². The summed E-state index contributed by atoms with van der Waals surface area (Å²) in [5.41, 5.74) is 2.31. The van der Waals surface area contributed by atoms with Gasteiger partial charge >= 0.3 is 0 Å². The molecule has 2 aromatic carbocycles. The van der Waals surface area contributed by atoms with Crippen molar-refractivity contribution in [2.45, 2.75) is 25.6 Å². The standard InChI is InChI=1S/C17H18O3/c1-12-5-4-6-13(9-12)10-14(18)17-11-19-15-7-2-3-8-16(15)20-17/h2-9,14,17-18H,10-11H2,1H3. The van der Waals surface area contributed by atoms with Crippen molar-refractivity contribution in [1.82, 2.24) is 0 Å². The van der Waals surface area contributed by atoms with Crippen molar-refractivity contribution in [2.75, 3.05) is 6.61 Å². The summed E-state index contributed by atoms with van der Waals surface area (Å²) in [6.45, 7) is 2.43. The van der Waals surface area contributed by atoms with Crippen molar-refractivity contribution in [3.8, 4) is 11.5 Å². The van der Waals surface area contributed by atoms with Crippen LogP contribution in [0.1, 0.15) is 11.1 Å². The zero-order valence-electron chi connectivity index (χ0n) is 11.5. The lowest BCUT2D eigenvalue weighted by Crippen LogP contribution is -2.40. The third-order valence-electron chi connectivity index (χ3n) is 3.49. The van der Waals surface area contributed by atoms with E-state index < -0.39 is 6.10 Å². The Hall–Kier alpha value is -2.00. The summed E-state index contributed by atoms with van der Waals surface area (Å²) in [5, 5.41) is 10.3. The normalized spacial score (nSPS) is 18.6. The molecule has 0 radical (unpaired) electrons. The summed E-state index contributed by atoms with van der Waals surface area (Å²) in [6.07, 6.45) is -0.340. The number of ether oxygens (including phenoxy) is 2. The molecule has 104 valence electrons. The lowest BCUT2D eigenvalue weighted by atomic mass is 10.0. The fourth-order valence-electron chi connectivity index (χ4n) is 2.44. The van der Waals surface area contributed by atoms with Crippen molar-refractivity contribution in [3.05, 3.63) is 59.7 Å². The Kier molecular flexibility index (Phi) is 3.61. The molecule has 0 spiro atoms. The van der Waals surface area contributed by atoms with E-state index in [9.17, 15) is 5.11 Å². The van der Waals surface area contributed by atoms with E-state index in [1.165, 1.54) is 5.56 Å². The van der Waals surface area contributed by atoms with Crippen LogP contribution in [0.25, 0.3) is 0 Å². The SMILES string of the molecule is Cc1cccc(CC(O)C2COc3ccccc3O2)c1. The Morgan fingerprint density at radius 2 is 1.95 bits per heavy atom. The predicted octanol–water partition coefficient (Wildman–Crippen LogP) is 2.74. The minimum absolute atomic E-state index is 0.328. The summed E-state index contributed by atoms with van der Waals surface area (Å²) < 4.78 is 11.5. The molecular formula is C17H18O3. The van der Waals surface area contributed by atoms with Gasteiger partial charge in [0.25, 0.3) is 0 Å². The molecule has 2 aromatic rings. The highest BCUT2D eigenvalue weighted by Crippen LogP contribution is 2.31. The number of benzene rings is 2. The lowest BCUT2D eigenvalue weighted by Gasteiger charge is -2.29. The zero-order valence-corrected chi connectivity index (χ0v) is 11.5. The van der Waals surface area contributed by atoms with Crippen molar-refractivity contribution >= 4 is 0 Å². The van der Waals surface area contributed by atoms with E-state index in [1.807, 2.05) is 49.4 Å². The second kappa shape index (κ2) is 5.55. The van der Waals surface area contributed by atoms with Crippen LogP contribution in [0.5, 0.6) is 11.5 Å². The molecule has 2 unspecified atom stereocenters. The number of para-hydroxylation sites is 2. The van der Waals surface area contributed by atoms with Crippen LogP contribution in [-0.4, -0.2) is 23.9 Å². The fourth-order valence-corrected chi connectivity index (χ4v) is 2.44. The quantitative estimate of drug-likeness (QED) is 0.932. The molecule has 0 amide bonds. The Labute approximate surface area is 118 Å². The summed E-state index contributed by atoms with van der Waals surface area (Å²) in [5.74, 6) is 1.44. The lowest BCUT2D eigenvalue weighted by molar-refractivity contribution is -0.00941. The average Bonchev–Trinajstić information content (AvgIpc) is 2.47. The molecule has 1 N–H and O–H groups in total. The maximum absolute atomic E-state index is 10.3. The monoisotopic (exact) mass is 270 g/mol. The van der Waals surface area contributed by atoms with Gasteiger partial charge in [0.1, 0.15) is 6.61 Å². The fraction of sp³-hybridized carbons (Fsp3) is 0.294. The van der Waals surface area contributed by atoms with Crippen LogP contribution in [0, 0.1) is 6.92 Å². The number of aryl methyl sites for hydroxylation is 1. The topological polar surface area (TPSA) is 38.7 Å². The van der Waals surface area contributed by atoms with Gasteiger partial charge in [-0.2, -0.15) is 0 Å². The van der Waals surface area contributed by atoms with E-state index in [0.717, 1.165) is 11.3 Å². The summed E-state index contributed by atoms with van der Waals surface area (Å²) in [6, 6.07) is 15.7. The van der Waals surface area contributed by atoms with Crippen molar-refractivity contribution in [2.24, 2.45) is 0 Å². The second-order valence-electron chi connectivity index (χ2n) is 5.17. The van der Waals surface area contributed by atoms with Gasteiger partial charge in [0.2, 0.25) is 0 Å². The van der Waals surface area contributed by atoms with Gasteiger partial charge in [-0.25, -0.2) is 0 Å². The van der Waals surface area contributed by atoms with Crippen LogP contribution in [0.3, 0.4) is 0 Å². The molecule has 2 atom stereocenters. The van der Waals surface area contributed by atoms with Gasteiger partial charge in [0.05, 0.1) is 6.10 Å². The number of hydrogen-bond donors (Lipinski definition) is 1. The molecule has 0 fully saturated rings. The third-order valence-corrected chi connectivity index (χ3v) is 3.49. The number of fused-ring (bicyclic) bond motifs is 1. The summed E-state index contributed by atoms with van der Waals surface area (Å²) in [4.78, 5) is 0. The number of aliphatic hydroxyl groups is 1. The Morgan fingerprint density at radius 3 is 2.75 bits per heavy atom. The van der Waals surface area contributed by atoms with Crippen LogP contribution in [-0.2, 0) is 6.42 Å². The van der Waals surface area contributed by atoms with Gasteiger partial charge in [-0.3, -0.25) is 0 Å². The molecular weight excluding hydrogens is 252 g/mol. The van der Waals surface area contributed by atoms with E-state index in [2.05, 4.69) is 6.07 Å². The van der Waals surface area contributed by atoms with E-state index in [4.69, 9.17) is 9.47 Å². The predicted molar refractivity (Wildman–Crippen MR) is 77.2 cm³/mol.